The van der Waals surface area contributed by atoms with Gasteiger partial charge < -0.3 is 21.8 Å². The number of allylic oxidation sites excluding steroid dienone is 4. The largest absolute Gasteiger partial charge is 0.479 e. The minimum absolute atomic E-state index is 0.0211. The minimum Gasteiger partial charge on any atom is -0.479 e. The molecule has 28 heavy (non-hydrogen) atoms. The molecule has 2 aliphatic heterocycles. The molecule has 1 aromatic rings. The van der Waals surface area contributed by atoms with E-state index in [1.165, 1.54) is 0 Å². The van der Waals surface area contributed by atoms with Gasteiger partial charge in [-0.3, -0.25) is 4.79 Å². The summed E-state index contributed by atoms with van der Waals surface area (Å²) in [5.41, 5.74) is 6.87. The van der Waals surface area contributed by atoms with Crippen molar-refractivity contribution in [1.29, 1.82) is 0 Å². The Morgan fingerprint density at radius 2 is 2.29 bits per heavy atom. The van der Waals surface area contributed by atoms with Gasteiger partial charge in [0.15, 0.2) is 40.1 Å². The Labute approximate surface area is 177 Å². The SMILES string of the molecule is Cc1c2n(c(OCCC3COCCO3)cc1=O)CCC1=CC(OI)=C=CC=C12. The van der Waals surface area contributed by atoms with Crippen molar-refractivity contribution in [2.45, 2.75) is 32.4 Å². The van der Waals surface area contributed by atoms with Crippen molar-refractivity contribution in [3.8, 4) is 5.88 Å². The molecule has 0 aromatic carbocycles. The molecule has 0 bridgehead atoms. The van der Waals surface area contributed by atoms with Crippen LogP contribution in [0.3, 0.4) is 0 Å². The number of ether oxygens (including phenoxy) is 3. The fraction of sp³-hybridized carbons (Fsp3) is 0.429. The van der Waals surface area contributed by atoms with Crippen LogP contribution in [0.2, 0.25) is 0 Å². The Hall–Kier alpha value is -1.80. The molecule has 148 valence electrons. The van der Waals surface area contributed by atoms with Crippen molar-refractivity contribution < 1.29 is 17.3 Å². The lowest BCUT2D eigenvalue weighted by Crippen LogP contribution is -2.30. The fourth-order valence-corrected chi connectivity index (χ4v) is 3.98. The van der Waals surface area contributed by atoms with Gasteiger partial charge in [0.2, 0.25) is 0 Å². The van der Waals surface area contributed by atoms with Crippen LogP contribution in [0.4, 0.5) is 0 Å². The Kier molecular flexibility index (Phi) is 6.06. The Balaban J connectivity index is 1.61. The van der Waals surface area contributed by atoms with Crippen molar-refractivity contribution >= 4 is 28.6 Å². The number of pyridine rings is 1. The number of rotatable bonds is 5. The third-order valence-electron chi connectivity index (χ3n) is 5.16. The van der Waals surface area contributed by atoms with E-state index in [0.29, 0.717) is 38.1 Å². The third-order valence-corrected chi connectivity index (χ3v) is 5.63. The molecule has 0 N–H and O–H groups in total. The van der Waals surface area contributed by atoms with E-state index in [2.05, 4.69) is 10.3 Å². The molecular weight excluding hydrogens is 473 g/mol. The second-order valence-corrected chi connectivity index (χ2v) is 7.37. The molecule has 0 amide bonds. The Bertz CT molecular complexity index is 946. The molecule has 7 heteroatoms. The van der Waals surface area contributed by atoms with Gasteiger partial charge in [-0.15, -0.1) is 0 Å². The summed E-state index contributed by atoms with van der Waals surface area (Å²) in [6.45, 7) is 4.96. The summed E-state index contributed by atoms with van der Waals surface area (Å²) in [6.07, 6.45) is 7.42. The Morgan fingerprint density at radius 3 is 3.07 bits per heavy atom. The standard InChI is InChI=1S/C21H22INO5/c1-14-19(24)12-20(27-8-6-17-13-25-9-10-26-17)23-7-5-15-11-16(28-22)3-2-4-18(15)21(14)23/h2,4,11-12,17H,5-10,13H2,1H3. The Morgan fingerprint density at radius 1 is 1.39 bits per heavy atom. The van der Waals surface area contributed by atoms with Gasteiger partial charge in [0.25, 0.3) is 0 Å². The van der Waals surface area contributed by atoms with E-state index in [9.17, 15) is 4.79 Å². The first-order valence-electron chi connectivity index (χ1n) is 9.41. The third kappa shape index (κ3) is 3.98. The quantitative estimate of drug-likeness (QED) is 0.463. The van der Waals surface area contributed by atoms with E-state index in [1.54, 1.807) is 6.07 Å². The lowest BCUT2D eigenvalue weighted by molar-refractivity contribution is -0.0937. The first-order chi connectivity index (χ1) is 13.7. The zero-order chi connectivity index (χ0) is 19.5. The van der Waals surface area contributed by atoms with Crippen LogP contribution in [0, 0.1) is 6.92 Å². The van der Waals surface area contributed by atoms with E-state index >= 15 is 0 Å². The molecule has 1 atom stereocenters. The highest BCUT2D eigenvalue weighted by molar-refractivity contribution is 14.1. The summed E-state index contributed by atoms with van der Waals surface area (Å²) in [7, 11) is 0. The van der Waals surface area contributed by atoms with Gasteiger partial charge in [-0.25, -0.2) is 0 Å². The average Bonchev–Trinajstić information content (AvgIpc) is 2.94. The van der Waals surface area contributed by atoms with Gasteiger partial charge in [0.1, 0.15) is 0 Å². The van der Waals surface area contributed by atoms with E-state index in [0.717, 1.165) is 41.8 Å². The number of nitrogens with zero attached hydrogens (tertiary/aromatic N) is 1. The topological polar surface area (TPSA) is 58.9 Å². The van der Waals surface area contributed by atoms with E-state index < -0.39 is 0 Å². The first-order valence-corrected chi connectivity index (χ1v) is 10.3. The average molecular weight is 495 g/mol. The van der Waals surface area contributed by atoms with Crippen LogP contribution in [-0.2, 0) is 19.1 Å². The second-order valence-electron chi connectivity index (χ2n) is 6.93. The smallest absolute Gasteiger partial charge is 0.197 e. The molecule has 3 heterocycles. The molecule has 6 nitrogen and oxygen atoms in total. The molecule has 1 unspecified atom stereocenters. The number of halogens is 1. The van der Waals surface area contributed by atoms with Gasteiger partial charge in [0, 0.05) is 30.2 Å². The molecular formula is C21H22INO5. The first kappa shape index (κ1) is 19.5. The predicted molar refractivity (Wildman–Crippen MR) is 113 cm³/mol. The van der Waals surface area contributed by atoms with Gasteiger partial charge in [0.05, 0.1) is 38.2 Å². The van der Waals surface area contributed by atoms with Crippen molar-refractivity contribution in [2.75, 3.05) is 26.4 Å². The van der Waals surface area contributed by atoms with E-state index in [1.807, 2.05) is 48.2 Å². The maximum Gasteiger partial charge on any atom is 0.197 e. The molecule has 3 aliphatic rings. The number of fused-ring (bicyclic) bond motifs is 3. The summed E-state index contributed by atoms with van der Waals surface area (Å²) in [5, 5.41) is 0. The number of hydrogen-bond donors (Lipinski definition) is 0. The monoisotopic (exact) mass is 495 g/mol. The van der Waals surface area contributed by atoms with Crippen LogP contribution in [-0.4, -0.2) is 37.1 Å². The maximum absolute atomic E-state index is 12.6. The molecule has 0 radical (unpaired) electrons. The summed E-state index contributed by atoms with van der Waals surface area (Å²) in [5.74, 6) is 1.28. The van der Waals surface area contributed by atoms with Crippen LogP contribution >= 0.6 is 23.0 Å². The number of hydrogen-bond acceptors (Lipinski definition) is 5. The molecule has 0 spiro atoms. The van der Waals surface area contributed by atoms with E-state index in [4.69, 9.17) is 17.3 Å². The van der Waals surface area contributed by atoms with Gasteiger partial charge in [-0.1, -0.05) is 5.73 Å². The van der Waals surface area contributed by atoms with Crippen LogP contribution < -0.4 is 10.2 Å². The van der Waals surface area contributed by atoms with Crippen LogP contribution in [0.1, 0.15) is 24.1 Å². The lowest BCUT2D eigenvalue weighted by atomic mass is 9.92. The van der Waals surface area contributed by atoms with Crippen molar-refractivity contribution in [3.05, 3.63) is 62.8 Å². The minimum atomic E-state index is -0.0211. The van der Waals surface area contributed by atoms with Crippen molar-refractivity contribution in [2.24, 2.45) is 0 Å². The molecule has 1 fully saturated rings. The number of aromatic nitrogens is 1. The van der Waals surface area contributed by atoms with Gasteiger partial charge >= 0.3 is 0 Å². The summed E-state index contributed by atoms with van der Waals surface area (Å²) in [6, 6.07) is 1.59. The molecule has 1 aliphatic carbocycles. The zero-order valence-electron chi connectivity index (χ0n) is 15.7. The molecule has 0 saturated carbocycles. The van der Waals surface area contributed by atoms with Gasteiger partial charge in [-0.05, 0) is 37.1 Å². The van der Waals surface area contributed by atoms with Crippen LogP contribution in [0.25, 0.3) is 5.57 Å². The van der Waals surface area contributed by atoms with Crippen molar-refractivity contribution in [1.82, 2.24) is 4.57 Å². The zero-order valence-corrected chi connectivity index (χ0v) is 17.9. The van der Waals surface area contributed by atoms with Gasteiger partial charge in [-0.2, -0.15) is 0 Å². The maximum atomic E-state index is 12.6. The van der Waals surface area contributed by atoms with E-state index in [-0.39, 0.29) is 11.5 Å². The molecule has 1 aromatic heterocycles. The lowest BCUT2D eigenvalue weighted by Gasteiger charge is -2.28. The highest BCUT2D eigenvalue weighted by Gasteiger charge is 2.25. The van der Waals surface area contributed by atoms with Crippen LogP contribution in [0.5, 0.6) is 5.88 Å². The summed E-state index contributed by atoms with van der Waals surface area (Å²) in [4.78, 5) is 12.6. The van der Waals surface area contributed by atoms with Crippen molar-refractivity contribution in [3.63, 3.8) is 0 Å². The normalized spacial score (nSPS) is 20.9. The highest BCUT2D eigenvalue weighted by Crippen LogP contribution is 2.36. The fourth-order valence-electron chi connectivity index (χ4n) is 3.72. The highest BCUT2D eigenvalue weighted by atomic mass is 127. The second kappa shape index (κ2) is 8.69. The molecule has 4 rings (SSSR count). The summed E-state index contributed by atoms with van der Waals surface area (Å²) >= 11 is 1.86. The molecule has 1 saturated heterocycles. The summed E-state index contributed by atoms with van der Waals surface area (Å²) < 4.78 is 24.5. The predicted octanol–water partition coefficient (Wildman–Crippen LogP) is 3.47. The van der Waals surface area contributed by atoms with Crippen LogP contribution in [0.15, 0.2) is 46.2 Å².